The molecule has 2 aromatic rings. The van der Waals surface area contributed by atoms with Crippen LogP contribution in [0, 0.1) is 22.7 Å². The summed E-state index contributed by atoms with van der Waals surface area (Å²) in [6.07, 6.45) is 3.53. The number of carbonyl (C=O) groups is 1. The van der Waals surface area contributed by atoms with E-state index in [2.05, 4.69) is 17.0 Å². The fraction of sp³-hybridized carbons (Fsp3) is 0.391. The third kappa shape index (κ3) is 4.83. The predicted octanol–water partition coefficient (Wildman–Crippen LogP) is 3.37. The lowest BCUT2D eigenvalue weighted by Gasteiger charge is -2.32. The monoisotopic (exact) mass is 468 g/mol. The van der Waals surface area contributed by atoms with Crippen molar-refractivity contribution < 1.29 is 4.79 Å². The van der Waals surface area contributed by atoms with Gasteiger partial charge in [-0.2, -0.15) is 10.5 Å². The molecular weight excluding hydrogens is 444 g/mol. The maximum absolute atomic E-state index is 12.3. The van der Waals surface area contributed by atoms with Gasteiger partial charge in [0.25, 0.3) is 0 Å². The Morgan fingerprint density at radius 1 is 1.09 bits per heavy atom. The van der Waals surface area contributed by atoms with Crippen LogP contribution in [0.15, 0.2) is 35.4 Å². The Kier molecular flexibility index (Phi) is 7.63. The third-order valence-corrected chi connectivity index (χ3v) is 7.08. The third-order valence-electron chi connectivity index (χ3n) is 5.82. The van der Waals surface area contributed by atoms with Crippen LogP contribution < -0.4 is 16.4 Å². The summed E-state index contributed by atoms with van der Waals surface area (Å²) < 4.78 is 0. The van der Waals surface area contributed by atoms with Crippen molar-refractivity contribution in [3.05, 3.63) is 52.6 Å². The maximum Gasteiger partial charge on any atom is 0.235 e. The molecule has 1 atom stereocenters. The Hall–Kier alpha value is -2.78. The summed E-state index contributed by atoms with van der Waals surface area (Å²) in [6, 6.07) is 14.0. The summed E-state index contributed by atoms with van der Waals surface area (Å²) in [4.78, 5) is 19.2. The van der Waals surface area contributed by atoms with Crippen molar-refractivity contribution in [2.24, 2.45) is 11.5 Å². The number of hydrogen-bond acceptors (Lipinski definition) is 7. The molecule has 166 valence electrons. The van der Waals surface area contributed by atoms with Crippen LogP contribution >= 0.6 is 24.2 Å². The normalized spacial score (nSPS) is 17.0. The van der Waals surface area contributed by atoms with Gasteiger partial charge in [-0.25, -0.2) is 4.98 Å². The Balaban J connectivity index is 0.00000289. The van der Waals surface area contributed by atoms with E-state index in [1.165, 1.54) is 11.8 Å². The molecule has 4 rings (SSSR count). The number of halogens is 1. The molecule has 1 aliphatic heterocycles. The van der Waals surface area contributed by atoms with Gasteiger partial charge >= 0.3 is 0 Å². The van der Waals surface area contributed by atoms with E-state index in [4.69, 9.17) is 16.5 Å². The van der Waals surface area contributed by atoms with Gasteiger partial charge in [-0.05, 0) is 42.7 Å². The van der Waals surface area contributed by atoms with Crippen LogP contribution in [0.25, 0.3) is 0 Å². The molecule has 0 spiro atoms. The molecular formula is C23H25ClN6OS. The second-order valence-corrected chi connectivity index (χ2v) is 9.13. The first-order valence-electron chi connectivity index (χ1n) is 10.4. The SMILES string of the molecule is Cl.N#Cc1c(SC(C(N)=O)c2ccccc2)nc(N2CCC(N)CC2)c(C#N)c1C1CC1. The van der Waals surface area contributed by atoms with Crippen LogP contribution in [0.5, 0.6) is 0 Å². The highest BCUT2D eigenvalue weighted by atomic mass is 35.5. The van der Waals surface area contributed by atoms with E-state index >= 15 is 0 Å². The van der Waals surface area contributed by atoms with Crippen LogP contribution in [-0.4, -0.2) is 30.0 Å². The molecule has 2 fully saturated rings. The average Bonchev–Trinajstić information content (AvgIpc) is 3.62. The number of hydrogen-bond donors (Lipinski definition) is 2. The van der Waals surface area contributed by atoms with Crippen LogP contribution in [0.3, 0.4) is 0 Å². The minimum absolute atomic E-state index is 0. The molecule has 1 amide bonds. The molecule has 1 saturated carbocycles. The van der Waals surface area contributed by atoms with Gasteiger partial charge in [-0.1, -0.05) is 42.1 Å². The molecule has 1 aliphatic carbocycles. The molecule has 2 aliphatic rings. The number of nitriles is 2. The fourth-order valence-electron chi connectivity index (χ4n) is 4.02. The zero-order valence-electron chi connectivity index (χ0n) is 17.5. The summed E-state index contributed by atoms with van der Waals surface area (Å²) in [5, 5.41) is 19.8. The lowest BCUT2D eigenvalue weighted by atomic mass is 9.98. The first-order chi connectivity index (χ1) is 15.0. The number of nitrogens with zero attached hydrogens (tertiary/aromatic N) is 4. The number of thioether (sulfide) groups is 1. The van der Waals surface area contributed by atoms with E-state index in [1.807, 2.05) is 30.3 Å². The Morgan fingerprint density at radius 2 is 1.72 bits per heavy atom. The van der Waals surface area contributed by atoms with Gasteiger partial charge in [0, 0.05) is 19.1 Å². The number of primary amides is 1. The number of piperidine rings is 1. The number of aromatic nitrogens is 1. The maximum atomic E-state index is 12.3. The number of carbonyl (C=O) groups excluding carboxylic acids is 1. The van der Waals surface area contributed by atoms with Crippen molar-refractivity contribution in [2.75, 3.05) is 18.0 Å². The quantitative estimate of drug-likeness (QED) is 0.620. The largest absolute Gasteiger partial charge is 0.368 e. The molecule has 0 radical (unpaired) electrons. The van der Waals surface area contributed by atoms with Gasteiger partial charge in [0.1, 0.15) is 28.2 Å². The molecule has 32 heavy (non-hydrogen) atoms. The molecule has 1 unspecified atom stereocenters. The molecule has 1 saturated heterocycles. The second-order valence-electron chi connectivity index (χ2n) is 8.04. The van der Waals surface area contributed by atoms with Crippen molar-refractivity contribution >= 4 is 35.9 Å². The minimum Gasteiger partial charge on any atom is -0.368 e. The van der Waals surface area contributed by atoms with Gasteiger partial charge in [0.05, 0.1) is 11.1 Å². The summed E-state index contributed by atoms with van der Waals surface area (Å²) in [7, 11) is 0. The zero-order chi connectivity index (χ0) is 22.0. The average molecular weight is 469 g/mol. The highest BCUT2D eigenvalue weighted by Gasteiger charge is 2.35. The van der Waals surface area contributed by atoms with Gasteiger partial charge in [-0.3, -0.25) is 4.79 Å². The predicted molar refractivity (Wildman–Crippen MR) is 127 cm³/mol. The molecule has 0 bridgehead atoms. The van der Waals surface area contributed by atoms with Crippen molar-refractivity contribution in [3.63, 3.8) is 0 Å². The number of nitrogens with two attached hydrogens (primary N) is 2. The summed E-state index contributed by atoms with van der Waals surface area (Å²) in [6.45, 7) is 1.42. The molecule has 7 nitrogen and oxygen atoms in total. The first kappa shape index (κ1) is 23.9. The standard InChI is InChI=1S/C23H24N6OS.ClH/c24-12-17-19(14-6-7-14)18(13-25)23(28-22(17)29-10-8-16(26)9-11-29)31-20(21(27)30)15-4-2-1-3-5-15;/h1-5,14,16,20H,6-11,26H2,(H2,27,30);1H. The van der Waals surface area contributed by atoms with Crippen molar-refractivity contribution in [1.82, 2.24) is 4.98 Å². The number of amides is 1. The van der Waals surface area contributed by atoms with E-state index in [9.17, 15) is 15.3 Å². The lowest BCUT2D eigenvalue weighted by molar-refractivity contribution is -0.117. The molecule has 2 heterocycles. The fourth-order valence-corrected chi connectivity index (χ4v) is 5.07. The highest BCUT2D eigenvalue weighted by Crippen LogP contribution is 2.48. The van der Waals surface area contributed by atoms with Gasteiger partial charge in [-0.15, -0.1) is 12.4 Å². The molecule has 1 aromatic carbocycles. The van der Waals surface area contributed by atoms with Crippen LogP contribution in [0.1, 0.15) is 59.1 Å². The van der Waals surface area contributed by atoms with Gasteiger partial charge in [0.2, 0.25) is 5.91 Å². The molecule has 1 aromatic heterocycles. The number of anilines is 1. The first-order valence-corrected chi connectivity index (χ1v) is 11.3. The Morgan fingerprint density at radius 3 is 2.25 bits per heavy atom. The van der Waals surface area contributed by atoms with Crippen LogP contribution in [-0.2, 0) is 4.79 Å². The van der Waals surface area contributed by atoms with Gasteiger partial charge in [0.15, 0.2) is 0 Å². The lowest BCUT2D eigenvalue weighted by Crippen LogP contribution is -2.40. The van der Waals surface area contributed by atoms with Gasteiger partial charge < -0.3 is 16.4 Å². The van der Waals surface area contributed by atoms with Crippen LogP contribution in [0.2, 0.25) is 0 Å². The minimum atomic E-state index is -0.677. The Bertz CT molecular complexity index is 1070. The number of pyridine rings is 1. The molecule has 4 N–H and O–H groups in total. The van der Waals surface area contributed by atoms with E-state index < -0.39 is 11.2 Å². The summed E-state index contributed by atoms with van der Waals surface area (Å²) >= 11 is 1.19. The van der Waals surface area contributed by atoms with E-state index in [1.54, 1.807) is 0 Å². The Labute approximate surface area is 198 Å². The summed E-state index contributed by atoms with van der Waals surface area (Å²) in [5.41, 5.74) is 14.2. The van der Waals surface area contributed by atoms with Crippen molar-refractivity contribution in [3.8, 4) is 12.1 Å². The number of benzene rings is 1. The van der Waals surface area contributed by atoms with Crippen molar-refractivity contribution in [1.29, 1.82) is 10.5 Å². The van der Waals surface area contributed by atoms with E-state index in [0.29, 0.717) is 35.1 Å². The summed E-state index contributed by atoms with van der Waals surface area (Å²) in [5.74, 6) is 0.278. The van der Waals surface area contributed by atoms with Crippen molar-refractivity contribution in [2.45, 2.75) is 47.9 Å². The highest BCUT2D eigenvalue weighted by molar-refractivity contribution is 8.00. The van der Waals surface area contributed by atoms with E-state index in [-0.39, 0.29) is 24.4 Å². The number of rotatable bonds is 6. The smallest absolute Gasteiger partial charge is 0.235 e. The second kappa shape index (κ2) is 10.2. The zero-order valence-corrected chi connectivity index (χ0v) is 19.2. The topological polar surface area (TPSA) is 133 Å². The van der Waals surface area contributed by atoms with E-state index in [0.717, 1.165) is 36.8 Å². The van der Waals surface area contributed by atoms with Crippen LogP contribution in [0.4, 0.5) is 5.82 Å². The molecule has 9 heteroatoms.